The monoisotopic (exact) mass is 286 g/mol. The molecule has 0 amide bonds. The van der Waals surface area contributed by atoms with Crippen LogP contribution in [0, 0.1) is 11.8 Å². The molecule has 0 aliphatic rings. The smallest absolute Gasteiger partial charge is 0.119 e. The number of ether oxygens (including phenoxy) is 1. The Hall–Kier alpha value is -1.95. The van der Waals surface area contributed by atoms with Crippen molar-refractivity contribution in [2.45, 2.75) is 13.0 Å². The third-order valence-electron chi connectivity index (χ3n) is 2.62. The number of hydrogen-bond donors (Lipinski definition) is 1. The highest BCUT2D eigenvalue weighted by molar-refractivity contribution is 6.30. The van der Waals surface area contributed by atoms with Crippen molar-refractivity contribution in [2.75, 3.05) is 6.61 Å². The summed E-state index contributed by atoms with van der Waals surface area (Å²) in [6, 6.07) is 15.1. The minimum absolute atomic E-state index is 0.0897. The summed E-state index contributed by atoms with van der Waals surface area (Å²) in [5.41, 5.74) is 1.98. The van der Waals surface area contributed by atoms with E-state index in [0.29, 0.717) is 18.1 Å². The van der Waals surface area contributed by atoms with Crippen molar-refractivity contribution in [1.82, 2.24) is 0 Å². The maximum atomic E-state index is 8.70. The van der Waals surface area contributed by atoms with Gasteiger partial charge in [-0.25, -0.2) is 0 Å². The zero-order chi connectivity index (χ0) is 14.2. The summed E-state index contributed by atoms with van der Waals surface area (Å²) in [5, 5.41) is 9.39. The van der Waals surface area contributed by atoms with E-state index in [4.69, 9.17) is 21.4 Å². The molecule has 0 fully saturated rings. The number of halogens is 1. The molecule has 2 aromatic rings. The minimum atomic E-state index is 0.0897. The maximum absolute atomic E-state index is 8.70. The first kappa shape index (κ1) is 14.5. The lowest BCUT2D eigenvalue weighted by atomic mass is 10.1. The van der Waals surface area contributed by atoms with Gasteiger partial charge in [-0.1, -0.05) is 35.6 Å². The van der Waals surface area contributed by atoms with E-state index < -0.39 is 0 Å². The molecular weight excluding hydrogens is 272 g/mol. The highest BCUT2D eigenvalue weighted by Crippen LogP contribution is 2.17. The van der Waals surface area contributed by atoms with E-state index in [1.165, 1.54) is 0 Å². The second kappa shape index (κ2) is 7.59. The molecule has 1 N–H and O–H groups in total. The quantitative estimate of drug-likeness (QED) is 0.869. The largest absolute Gasteiger partial charge is 0.489 e. The third kappa shape index (κ3) is 4.62. The Bertz CT molecular complexity index is 609. The number of aliphatic hydroxyl groups excluding tert-OH is 1. The molecule has 20 heavy (non-hydrogen) atoms. The van der Waals surface area contributed by atoms with Crippen molar-refractivity contribution in [3.05, 3.63) is 64.7 Å². The van der Waals surface area contributed by atoms with Gasteiger partial charge in [0.2, 0.25) is 0 Å². The van der Waals surface area contributed by atoms with Crippen LogP contribution in [-0.4, -0.2) is 11.7 Å². The Morgan fingerprint density at radius 2 is 1.90 bits per heavy atom. The molecule has 102 valence electrons. The molecule has 0 unspecified atom stereocenters. The summed E-state index contributed by atoms with van der Waals surface area (Å²) in [6.45, 7) is 0.573. The van der Waals surface area contributed by atoms with E-state index in [2.05, 4.69) is 11.8 Å². The molecule has 0 aromatic heterocycles. The molecule has 3 heteroatoms. The summed E-state index contributed by atoms with van der Waals surface area (Å²) >= 11 is 5.82. The fourth-order valence-electron chi connectivity index (χ4n) is 1.66. The van der Waals surface area contributed by atoms with E-state index in [0.717, 1.165) is 16.9 Å². The molecule has 0 atom stereocenters. The van der Waals surface area contributed by atoms with Crippen molar-refractivity contribution in [3.63, 3.8) is 0 Å². The molecule has 2 nitrogen and oxygen atoms in total. The summed E-state index contributed by atoms with van der Waals surface area (Å²) in [5.74, 6) is 6.70. The van der Waals surface area contributed by atoms with E-state index in [9.17, 15) is 0 Å². The summed E-state index contributed by atoms with van der Waals surface area (Å²) < 4.78 is 5.68. The number of hydrogen-bond acceptors (Lipinski definition) is 2. The van der Waals surface area contributed by atoms with Crippen LogP contribution in [0.25, 0.3) is 0 Å². The van der Waals surface area contributed by atoms with Gasteiger partial charge in [0.25, 0.3) is 0 Å². The van der Waals surface area contributed by atoms with Crippen molar-refractivity contribution in [2.24, 2.45) is 0 Å². The highest BCUT2D eigenvalue weighted by atomic mass is 35.5. The lowest BCUT2D eigenvalue weighted by Crippen LogP contribution is -1.95. The van der Waals surface area contributed by atoms with Gasteiger partial charge in [-0.15, -0.1) is 0 Å². The van der Waals surface area contributed by atoms with Crippen molar-refractivity contribution in [1.29, 1.82) is 0 Å². The SMILES string of the molecule is OCCC#Cc1cccc(COc2ccc(Cl)cc2)c1. The summed E-state index contributed by atoms with van der Waals surface area (Å²) in [6.07, 6.45) is 0.492. The normalized spacial score (nSPS) is 9.70. The molecule has 0 spiro atoms. The van der Waals surface area contributed by atoms with Crippen LogP contribution in [0.3, 0.4) is 0 Å². The molecule has 0 aliphatic heterocycles. The van der Waals surface area contributed by atoms with Crippen LogP contribution in [0.15, 0.2) is 48.5 Å². The molecule has 0 saturated heterocycles. The standard InChI is InChI=1S/C17H15ClO2/c18-16-7-9-17(10-8-16)20-13-15-6-3-5-14(12-15)4-1-2-11-19/h3,5-10,12,19H,2,11,13H2. The van der Waals surface area contributed by atoms with Gasteiger partial charge >= 0.3 is 0 Å². The molecule has 0 saturated carbocycles. The Labute approximate surface area is 124 Å². The van der Waals surface area contributed by atoms with Crippen LogP contribution < -0.4 is 4.74 Å². The first-order valence-corrected chi connectivity index (χ1v) is 6.73. The fraction of sp³-hybridized carbons (Fsp3) is 0.176. The average Bonchev–Trinajstić information content (AvgIpc) is 2.47. The number of rotatable bonds is 4. The van der Waals surface area contributed by atoms with Crippen molar-refractivity contribution < 1.29 is 9.84 Å². The van der Waals surface area contributed by atoms with Gasteiger partial charge in [0.1, 0.15) is 12.4 Å². The molecule has 0 radical (unpaired) electrons. The zero-order valence-corrected chi connectivity index (χ0v) is 11.7. The molecule has 2 aromatic carbocycles. The minimum Gasteiger partial charge on any atom is -0.489 e. The van der Waals surface area contributed by atoms with Gasteiger partial charge in [0.05, 0.1) is 6.61 Å². The van der Waals surface area contributed by atoms with Gasteiger partial charge in [-0.2, -0.15) is 0 Å². The van der Waals surface area contributed by atoms with E-state index in [1.54, 1.807) is 12.1 Å². The zero-order valence-electron chi connectivity index (χ0n) is 11.0. The fourth-order valence-corrected chi connectivity index (χ4v) is 1.78. The maximum Gasteiger partial charge on any atom is 0.119 e. The number of aliphatic hydroxyl groups is 1. The van der Waals surface area contributed by atoms with Crippen LogP contribution in [0.4, 0.5) is 0 Å². The summed E-state index contributed by atoms with van der Waals surface area (Å²) in [7, 11) is 0. The Kier molecular flexibility index (Phi) is 5.49. The number of benzene rings is 2. The molecule has 0 aliphatic carbocycles. The van der Waals surface area contributed by atoms with Gasteiger partial charge in [-0.05, 0) is 42.0 Å². The Morgan fingerprint density at radius 3 is 2.65 bits per heavy atom. The predicted molar refractivity (Wildman–Crippen MR) is 80.8 cm³/mol. The first-order valence-electron chi connectivity index (χ1n) is 6.35. The van der Waals surface area contributed by atoms with E-state index >= 15 is 0 Å². The topological polar surface area (TPSA) is 29.5 Å². The lowest BCUT2D eigenvalue weighted by Gasteiger charge is -2.06. The first-order chi connectivity index (χ1) is 9.78. The van der Waals surface area contributed by atoms with E-state index in [-0.39, 0.29) is 6.61 Å². The lowest BCUT2D eigenvalue weighted by molar-refractivity contribution is 0.305. The van der Waals surface area contributed by atoms with Crippen LogP contribution in [-0.2, 0) is 6.61 Å². The van der Waals surface area contributed by atoms with E-state index in [1.807, 2.05) is 36.4 Å². The second-order valence-corrected chi connectivity index (χ2v) is 4.65. The average molecular weight is 287 g/mol. The predicted octanol–water partition coefficient (Wildman–Crippen LogP) is 3.65. The van der Waals surface area contributed by atoms with Crippen LogP contribution in [0.1, 0.15) is 17.5 Å². The van der Waals surface area contributed by atoms with Crippen molar-refractivity contribution in [3.8, 4) is 17.6 Å². The molecule has 0 heterocycles. The second-order valence-electron chi connectivity index (χ2n) is 4.22. The van der Waals surface area contributed by atoms with Gasteiger partial charge in [-0.3, -0.25) is 0 Å². The third-order valence-corrected chi connectivity index (χ3v) is 2.87. The van der Waals surface area contributed by atoms with Gasteiger partial charge < -0.3 is 9.84 Å². The van der Waals surface area contributed by atoms with Crippen LogP contribution >= 0.6 is 11.6 Å². The van der Waals surface area contributed by atoms with Gasteiger partial charge in [0.15, 0.2) is 0 Å². The molecule has 0 bridgehead atoms. The summed E-state index contributed by atoms with van der Waals surface area (Å²) in [4.78, 5) is 0. The van der Waals surface area contributed by atoms with Gasteiger partial charge in [0, 0.05) is 17.0 Å². The Morgan fingerprint density at radius 1 is 1.10 bits per heavy atom. The Balaban J connectivity index is 1.98. The highest BCUT2D eigenvalue weighted by Gasteiger charge is 1.97. The van der Waals surface area contributed by atoms with Crippen LogP contribution in [0.5, 0.6) is 5.75 Å². The molecular formula is C17H15ClO2. The molecule has 2 rings (SSSR count). The van der Waals surface area contributed by atoms with Crippen molar-refractivity contribution >= 4 is 11.6 Å². The van der Waals surface area contributed by atoms with Crippen LogP contribution in [0.2, 0.25) is 5.02 Å².